The third kappa shape index (κ3) is 4.47. The minimum Gasteiger partial charge on any atom is -0.469 e. The third-order valence-corrected chi connectivity index (χ3v) is 3.12. The maximum atomic E-state index is 12.5. The highest BCUT2D eigenvalue weighted by atomic mass is 35.5. The Morgan fingerprint density at radius 2 is 2.20 bits per heavy atom. The molecule has 20 heavy (non-hydrogen) atoms. The SMILES string of the molecule is C=CCNC(CC(=O)OC)C(=O)c1cc(Cl)ccc1C. The molecule has 0 aliphatic carbocycles. The summed E-state index contributed by atoms with van der Waals surface area (Å²) in [4.78, 5) is 23.9. The number of carbonyl (C=O) groups is 2. The van der Waals surface area contributed by atoms with Crippen LogP contribution in [-0.4, -0.2) is 31.4 Å². The first-order valence-electron chi connectivity index (χ1n) is 6.21. The van der Waals surface area contributed by atoms with E-state index in [1.807, 2.05) is 6.92 Å². The molecule has 0 saturated carbocycles. The average molecular weight is 296 g/mol. The van der Waals surface area contributed by atoms with E-state index in [1.165, 1.54) is 7.11 Å². The lowest BCUT2D eigenvalue weighted by molar-refractivity contribution is -0.140. The van der Waals surface area contributed by atoms with Gasteiger partial charge in [-0.2, -0.15) is 0 Å². The highest BCUT2D eigenvalue weighted by molar-refractivity contribution is 6.31. The Balaban J connectivity index is 2.99. The largest absolute Gasteiger partial charge is 0.469 e. The van der Waals surface area contributed by atoms with Crippen molar-refractivity contribution in [2.75, 3.05) is 13.7 Å². The van der Waals surface area contributed by atoms with Gasteiger partial charge in [0.2, 0.25) is 0 Å². The molecule has 1 unspecified atom stereocenters. The Kier molecular flexibility index (Phi) is 6.42. The van der Waals surface area contributed by atoms with Gasteiger partial charge in [0.15, 0.2) is 5.78 Å². The molecule has 1 rings (SSSR count). The van der Waals surface area contributed by atoms with E-state index in [0.29, 0.717) is 17.1 Å². The highest BCUT2D eigenvalue weighted by Gasteiger charge is 2.24. The van der Waals surface area contributed by atoms with Gasteiger partial charge < -0.3 is 10.1 Å². The van der Waals surface area contributed by atoms with Crippen LogP contribution in [0.5, 0.6) is 0 Å². The van der Waals surface area contributed by atoms with Crippen molar-refractivity contribution in [3.8, 4) is 0 Å². The number of rotatable bonds is 7. The van der Waals surface area contributed by atoms with Gasteiger partial charge in [-0.05, 0) is 24.6 Å². The number of hydrogen-bond acceptors (Lipinski definition) is 4. The van der Waals surface area contributed by atoms with Crippen LogP contribution in [0, 0.1) is 6.92 Å². The van der Waals surface area contributed by atoms with E-state index in [1.54, 1.807) is 24.3 Å². The van der Waals surface area contributed by atoms with Crippen LogP contribution < -0.4 is 5.32 Å². The van der Waals surface area contributed by atoms with Gasteiger partial charge in [-0.15, -0.1) is 6.58 Å². The highest BCUT2D eigenvalue weighted by Crippen LogP contribution is 2.18. The first kappa shape index (κ1) is 16.4. The van der Waals surface area contributed by atoms with Gasteiger partial charge in [0.05, 0.1) is 19.6 Å². The lowest BCUT2D eigenvalue weighted by atomic mass is 9.97. The standard InChI is InChI=1S/C15H18ClNO3/c1-4-7-17-13(9-14(18)20-3)15(19)12-8-11(16)6-5-10(12)2/h4-6,8,13,17H,1,7,9H2,2-3H3. The zero-order chi connectivity index (χ0) is 15.1. The first-order chi connectivity index (χ1) is 9.49. The van der Waals surface area contributed by atoms with E-state index >= 15 is 0 Å². The van der Waals surface area contributed by atoms with Crippen LogP contribution in [0.3, 0.4) is 0 Å². The molecule has 0 heterocycles. The van der Waals surface area contributed by atoms with Crippen LogP contribution in [0.15, 0.2) is 30.9 Å². The van der Waals surface area contributed by atoms with Gasteiger partial charge >= 0.3 is 5.97 Å². The smallest absolute Gasteiger partial charge is 0.307 e. The van der Waals surface area contributed by atoms with E-state index in [9.17, 15) is 9.59 Å². The van der Waals surface area contributed by atoms with Crippen molar-refractivity contribution in [3.63, 3.8) is 0 Å². The third-order valence-electron chi connectivity index (χ3n) is 2.89. The molecular formula is C15H18ClNO3. The second-order valence-corrected chi connectivity index (χ2v) is 4.79. The number of aryl methyl sites for hydroxylation is 1. The van der Waals surface area contributed by atoms with E-state index in [-0.39, 0.29) is 12.2 Å². The van der Waals surface area contributed by atoms with Gasteiger partial charge in [-0.3, -0.25) is 9.59 Å². The number of ketones is 1. The molecule has 5 heteroatoms. The summed E-state index contributed by atoms with van der Waals surface area (Å²) in [7, 11) is 1.29. The number of carbonyl (C=O) groups excluding carboxylic acids is 2. The number of halogens is 1. The van der Waals surface area contributed by atoms with E-state index in [2.05, 4.69) is 16.6 Å². The maximum absolute atomic E-state index is 12.5. The van der Waals surface area contributed by atoms with Crippen LogP contribution in [0.2, 0.25) is 5.02 Å². The molecule has 0 amide bonds. The second-order valence-electron chi connectivity index (χ2n) is 4.35. The molecule has 108 valence electrons. The number of Topliss-reactive ketones (excluding diaryl/α,β-unsaturated/α-hetero) is 1. The minimum atomic E-state index is -0.655. The Morgan fingerprint density at radius 3 is 2.80 bits per heavy atom. The maximum Gasteiger partial charge on any atom is 0.307 e. The molecule has 0 aromatic heterocycles. The molecule has 0 bridgehead atoms. The molecule has 1 N–H and O–H groups in total. The fourth-order valence-electron chi connectivity index (χ4n) is 1.78. The second kappa shape index (κ2) is 7.82. The zero-order valence-electron chi connectivity index (χ0n) is 11.6. The molecular weight excluding hydrogens is 278 g/mol. The van der Waals surface area contributed by atoms with Crippen molar-refractivity contribution in [1.29, 1.82) is 0 Å². The predicted molar refractivity (Wildman–Crippen MR) is 79.1 cm³/mol. The van der Waals surface area contributed by atoms with Gasteiger partial charge in [0, 0.05) is 17.1 Å². The Morgan fingerprint density at radius 1 is 1.50 bits per heavy atom. The lowest BCUT2D eigenvalue weighted by Gasteiger charge is -2.17. The molecule has 0 spiro atoms. The normalized spacial score (nSPS) is 11.8. The monoisotopic (exact) mass is 295 g/mol. The van der Waals surface area contributed by atoms with E-state index < -0.39 is 12.0 Å². The van der Waals surface area contributed by atoms with Crippen LogP contribution in [-0.2, 0) is 9.53 Å². The van der Waals surface area contributed by atoms with Crippen molar-refractivity contribution in [1.82, 2.24) is 5.32 Å². The summed E-state index contributed by atoms with van der Waals surface area (Å²) in [6.07, 6.45) is 1.59. The fourth-order valence-corrected chi connectivity index (χ4v) is 1.95. The summed E-state index contributed by atoms with van der Waals surface area (Å²) in [5.74, 6) is -0.628. The molecule has 0 fully saturated rings. The minimum absolute atomic E-state index is 0.0326. The number of methoxy groups -OCH3 is 1. The first-order valence-corrected chi connectivity index (χ1v) is 6.58. The molecule has 1 atom stereocenters. The molecule has 0 aliphatic heterocycles. The molecule has 0 radical (unpaired) electrons. The Hall–Kier alpha value is -1.65. The summed E-state index contributed by atoms with van der Waals surface area (Å²) in [5, 5.41) is 3.45. The van der Waals surface area contributed by atoms with E-state index in [0.717, 1.165) is 5.56 Å². The summed E-state index contributed by atoms with van der Waals surface area (Å²) >= 11 is 5.92. The number of ether oxygens (including phenoxy) is 1. The fraction of sp³-hybridized carbons (Fsp3) is 0.333. The molecule has 1 aromatic rings. The summed E-state index contributed by atoms with van der Waals surface area (Å²) in [6, 6.07) is 4.45. The topological polar surface area (TPSA) is 55.4 Å². The zero-order valence-corrected chi connectivity index (χ0v) is 12.4. The van der Waals surface area contributed by atoms with Crippen LogP contribution in [0.25, 0.3) is 0 Å². The summed E-state index contributed by atoms with van der Waals surface area (Å²) in [5.41, 5.74) is 1.32. The van der Waals surface area contributed by atoms with Crippen molar-refractivity contribution in [2.45, 2.75) is 19.4 Å². The summed E-state index contributed by atoms with van der Waals surface area (Å²) < 4.78 is 4.62. The molecule has 4 nitrogen and oxygen atoms in total. The van der Waals surface area contributed by atoms with Gasteiger partial charge in [0.25, 0.3) is 0 Å². The van der Waals surface area contributed by atoms with Crippen LogP contribution in [0.1, 0.15) is 22.3 Å². The predicted octanol–water partition coefficient (Wildman–Crippen LogP) is 2.54. The lowest BCUT2D eigenvalue weighted by Crippen LogP contribution is -2.39. The van der Waals surface area contributed by atoms with Crippen LogP contribution >= 0.6 is 11.6 Å². The number of hydrogen-bond donors (Lipinski definition) is 1. The number of benzene rings is 1. The van der Waals surface area contributed by atoms with Crippen molar-refractivity contribution in [2.24, 2.45) is 0 Å². The van der Waals surface area contributed by atoms with Crippen molar-refractivity contribution in [3.05, 3.63) is 47.0 Å². The Labute approximate surface area is 123 Å². The average Bonchev–Trinajstić information content (AvgIpc) is 2.44. The van der Waals surface area contributed by atoms with Gasteiger partial charge in [-0.25, -0.2) is 0 Å². The van der Waals surface area contributed by atoms with Crippen molar-refractivity contribution >= 4 is 23.4 Å². The van der Waals surface area contributed by atoms with Crippen molar-refractivity contribution < 1.29 is 14.3 Å². The summed E-state index contributed by atoms with van der Waals surface area (Å²) in [6.45, 7) is 5.83. The quantitative estimate of drug-likeness (QED) is 0.477. The van der Waals surface area contributed by atoms with Gasteiger partial charge in [-0.1, -0.05) is 23.7 Å². The Bertz CT molecular complexity index is 514. The number of nitrogens with one attached hydrogen (secondary N) is 1. The van der Waals surface area contributed by atoms with Crippen LogP contribution in [0.4, 0.5) is 0 Å². The number of esters is 1. The molecule has 0 aliphatic rings. The molecule has 1 aromatic carbocycles. The van der Waals surface area contributed by atoms with Gasteiger partial charge in [0.1, 0.15) is 0 Å². The molecule has 0 saturated heterocycles. The van der Waals surface area contributed by atoms with E-state index in [4.69, 9.17) is 11.6 Å².